The van der Waals surface area contributed by atoms with Crippen molar-refractivity contribution in [3.05, 3.63) is 64.8 Å². The lowest BCUT2D eigenvalue weighted by atomic mass is 9.94. The van der Waals surface area contributed by atoms with Crippen molar-refractivity contribution in [3.8, 4) is 5.75 Å². The quantitative estimate of drug-likeness (QED) is 0.629. The number of nitrogens with one attached hydrogen (secondary N) is 1. The number of carbonyl (C=O) groups is 1. The fourth-order valence-electron chi connectivity index (χ4n) is 3.38. The van der Waals surface area contributed by atoms with Gasteiger partial charge < -0.3 is 4.74 Å². The molecule has 6 nitrogen and oxygen atoms in total. The van der Waals surface area contributed by atoms with E-state index in [9.17, 15) is 13.2 Å². The van der Waals surface area contributed by atoms with Crippen molar-refractivity contribution in [1.82, 2.24) is 9.71 Å². The van der Waals surface area contributed by atoms with E-state index >= 15 is 0 Å². The highest BCUT2D eigenvalue weighted by atomic mass is 79.9. The Morgan fingerprint density at radius 1 is 1.18 bits per heavy atom. The van der Waals surface area contributed by atoms with E-state index in [4.69, 9.17) is 4.74 Å². The standard InChI is InChI=1S/C20H17BrN2O4S/c1-27-17-8-7-13(21)12-15(17)20(9-10-20)19(24)23-28(25,26)18-6-2-5-16-14(18)4-3-11-22-16/h2-8,11-12H,9-10H2,1H3,(H,23,24). The molecule has 0 saturated heterocycles. The third-order valence-corrected chi connectivity index (χ3v) is 6.87. The molecule has 1 heterocycles. The number of halogens is 1. The van der Waals surface area contributed by atoms with Gasteiger partial charge in [0.25, 0.3) is 10.0 Å². The van der Waals surface area contributed by atoms with Crippen molar-refractivity contribution in [2.45, 2.75) is 23.2 Å². The second-order valence-electron chi connectivity index (χ2n) is 6.69. The van der Waals surface area contributed by atoms with Crippen molar-refractivity contribution >= 4 is 42.8 Å². The smallest absolute Gasteiger partial charge is 0.264 e. The molecule has 1 saturated carbocycles. The minimum absolute atomic E-state index is 0.0310. The summed E-state index contributed by atoms with van der Waals surface area (Å²) in [6.07, 6.45) is 2.70. The molecule has 0 aliphatic heterocycles. The first-order chi connectivity index (χ1) is 13.4. The Balaban J connectivity index is 1.71. The van der Waals surface area contributed by atoms with Crippen LogP contribution in [0.15, 0.2) is 64.1 Å². The number of hydrogen-bond donors (Lipinski definition) is 1. The van der Waals surface area contributed by atoms with Crippen LogP contribution in [0.1, 0.15) is 18.4 Å². The summed E-state index contributed by atoms with van der Waals surface area (Å²) in [7, 11) is -2.53. The normalized spacial score (nSPS) is 15.2. The van der Waals surface area contributed by atoms with Crippen LogP contribution in [0.3, 0.4) is 0 Å². The summed E-state index contributed by atoms with van der Waals surface area (Å²) < 4.78 is 34.4. The summed E-state index contributed by atoms with van der Waals surface area (Å²) in [5, 5.41) is 0.468. The lowest BCUT2D eigenvalue weighted by Gasteiger charge is -2.19. The number of carbonyl (C=O) groups excluding carboxylic acids is 1. The van der Waals surface area contributed by atoms with E-state index in [-0.39, 0.29) is 4.90 Å². The van der Waals surface area contributed by atoms with Crippen molar-refractivity contribution < 1.29 is 17.9 Å². The van der Waals surface area contributed by atoms with Gasteiger partial charge in [-0.15, -0.1) is 0 Å². The van der Waals surface area contributed by atoms with Crippen LogP contribution in [0.2, 0.25) is 0 Å². The summed E-state index contributed by atoms with van der Waals surface area (Å²) in [6.45, 7) is 0. The van der Waals surface area contributed by atoms with Crippen LogP contribution in [-0.2, 0) is 20.2 Å². The predicted molar refractivity (Wildman–Crippen MR) is 109 cm³/mol. The molecule has 28 heavy (non-hydrogen) atoms. The van der Waals surface area contributed by atoms with Crippen LogP contribution in [-0.4, -0.2) is 26.4 Å². The lowest BCUT2D eigenvalue weighted by Crippen LogP contribution is -2.39. The van der Waals surface area contributed by atoms with E-state index in [0.717, 1.165) is 4.47 Å². The molecule has 0 spiro atoms. The third-order valence-electron chi connectivity index (χ3n) is 4.98. The number of fused-ring (bicyclic) bond motifs is 1. The Bertz CT molecular complexity index is 1180. The van der Waals surface area contributed by atoms with E-state index < -0.39 is 21.3 Å². The average Bonchev–Trinajstić information content (AvgIpc) is 3.49. The molecule has 1 amide bonds. The summed E-state index contributed by atoms with van der Waals surface area (Å²) in [5.74, 6) is 0.00685. The topological polar surface area (TPSA) is 85.4 Å². The molecular formula is C20H17BrN2O4S. The number of pyridine rings is 1. The molecule has 0 bridgehead atoms. The molecule has 1 aliphatic rings. The first-order valence-electron chi connectivity index (χ1n) is 8.62. The fraction of sp³-hybridized carbons (Fsp3) is 0.200. The maximum absolute atomic E-state index is 13.1. The molecule has 1 N–H and O–H groups in total. The molecule has 4 rings (SSSR count). The molecule has 1 fully saturated rings. The molecule has 1 aromatic heterocycles. The number of sulfonamides is 1. The van der Waals surface area contributed by atoms with Gasteiger partial charge in [-0.1, -0.05) is 22.0 Å². The van der Waals surface area contributed by atoms with Gasteiger partial charge in [-0.25, -0.2) is 13.1 Å². The molecule has 1 aliphatic carbocycles. The maximum atomic E-state index is 13.1. The van der Waals surface area contributed by atoms with Crippen LogP contribution in [0.25, 0.3) is 10.9 Å². The zero-order valence-corrected chi connectivity index (χ0v) is 17.4. The summed E-state index contributed by atoms with van der Waals surface area (Å²) in [4.78, 5) is 17.3. The minimum atomic E-state index is -4.06. The number of methoxy groups -OCH3 is 1. The van der Waals surface area contributed by atoms with Gasteiger partial charge in [0.15, 0.2) is 0 Å². The first-order valence-corrected chi connectivity index (χ1v) is 10.9. The van der Waals surface area contributed by atoms with Gasteiger partial charge >= 0.3 is 0 Å². The SMILES string of the molecule is COc1ccc(Br)cc1C1(C(=O)NS(=O)(=O)c2cccc3ncccc23)CC1. The Morgan fingerprint density at radius 2 is 1.96 bits per heavy atom. The Labute approximate surface area is 171 Å². The Morgan fingerprint density at radius 3 is 2.68 bits per heavy atom. The summed E-state index contributed by atoms with van der Waals surface area (Å²) >= 11 is 3.41. The third kappa shape index (κ3) is 3.16. The number of nitrogens with zero attached hydrogens (tertiary/aromatic N) is 1. The van der Waals surface area contributed by atoms with Crippen molar-refractivity contribution in [3.63, 3.8) is 0 Å². The van der Waals surface area contributed by atoms with Crippen LogP contribution in [0.5, 0.6) is 5.75 Å². The second-order valence-corrected chi connectivity index (χ2v) is 9.25. The fourth-order valence-corrected chi connectivity index (χ4v) is 5.01. The van der Waals surface area contributed by atoms with Gasteiger partial charge in [0.1, 0.15) is 5.75 Å². The van der Waals surface area contributed by atoms with Crippen LogP contribution in [0, 0.1) is 0 Å². The van der Waals surface area contributed by atoms with Crippen LogP contribution < -0.4 is 9.46 Å². The van der Waals surface area contributed by atoms with Gasteiger partial charge in [-0.05, 0) is 55.3 Å². The van der Waals surface area contributed by atoms with E-state index in [2.05, 4.69) is 25.6 Å². The molecule has 0 atom stereocenters. The van der Waals surface area contributed by atoms with Gasteiger partial charge in [-0.3, -0.25) is 9.78 Å². The number of amides is 1. The number of rotatable bonds is 5. The molecule has 0 unspecified atom stereocenters. The largest absolute Gasteiger partial charge is 0.496 e. The Kier molecular flexibility index (Phi) is 4.63. The highest BCUT2D eigenvalue weighted by Crippen LogP contribution is 2.52. The predicted octanol–water partition coefficient (Wildman–Crippen LogP) is 3.54. The number of hydrogen-bond acceptors (Lipinski definition) is 5. The second kappa shape index (κ2) is 6.86. The van der Waals surface area contributed by atoms with Crippen LogP contribution >= 0.6 is 15.9 Å². The molecule has 144 valence electrons. The molecular weight excluding hydrogens is 444 g/mol. The summed E-state index contributed by atoms with van der Waals surface area (Å²) in [5.41, 5.74) is 0.315. The van der Waals surface area contributed by atoms with Gasteiger partial charge in [0.05, 0.1) is 22.9 Å². The number of ether oxygens (including phenoxy) is 1. The minimum Gasteiger partial charge on any atom is -0.496 e. The molecule has 8 heteroatoms. The monoisotopic (exact) mass is 460 g/mol. The van der Waals surface area contributed by atoms with E-state index in [0.29, 0.717) is 35.1 Å². The Hall–Kier alpha value is -2.45. The maximum Gasteiger partial charge on any atom is 0.264 e. The van der Waals surface area contributed by atoms with Crippen molar-refractivity contribution in [2.24, 2.45) is 0 Å². The van der Waals surface area contributed by atoms with Gasteiger partial charge in [0.2, 0.25) is 5.91 Å². The first kappa shape index (κ1) is 18.9. The lowest BCUT2D eigenvalue weighted by molar-refractivity contribution is -0.121. The van der Waals surface area contributed by atoms with Crippen LogP contribution in [0.4, 0.5) is 0 Å². The van der Waals surface area contributed by atoms with Crippen molar-refractivity contribution in [1.29, 1.82) is 0 Å². The highest BCUT2D eigenvalue weighted by Gasteiger charge is 2.54. The highest BCUT2D eigenvalue weighted by molar-refractivity contribution is 9.10. The molecule has 0 radical (unpaired) electrons. The van der Waals surface area contributed by atoms with Gasteiger partial charge in [0, 0.05) is 21.6 Å². The van der Waals surface area contributed by atoms with E-state index in [1.807, 2.05) is 6.07 Å². The number of aromatic nitrogens is 1. The zero-order chi connectivity index (χ0) is 19.9. The number of benzene rings is 2. The molecule has 3 aromatic rings. The van der Waals surface area contributed by atoms with Gasteiger partial charge in [-0.2, -0.15) is 0 Å². The van der Waals surface area contributed by atoms with E-state index in [1.165, 1.54) is 13.2 Å². The van der Waals surface area contributed by atoms with E-state index in [1.54, 1.807) is 42.6 Å². The average molecular weight is 461 g/mol. The summed E-state index contributed by atoms with van der Waals surface area (Å²) in [6, 6.07) is 13.5. The molecule has 2 aromatic carbocycles. The van der Waals surface area contributed by atoms with Crippen molar-refractivity contribution in [2.75, 3.05) is 7.11 Å². The zero-order valence-electron chi connectivity index (χ0n) is 15.0.